The van der Waals surface area contributed by atoms with Crippen molar-refractivity contribution >= 4 is 60.8 Å². The van der Waals surface area contributed by atoms with E-state index in [2.05, 4.69) is 184 Å². The van der Waals surface area contributed by atoms with Crippen LogP contribution in [0.1, 0.15) is 76.3 Å². The Kier molecular flexibility index (Phi) is 6.29. The second-order valence-corrected chi connectivity index (χ2v) is 17.6. The van der Waals surface area contributed by atoms with Crippen molar-refractivity contribution in [2.45, 2.75) is 64.7 Å². The third-order valence-corrected chi connectivity index (χ3v) is 12.7. The highest BCUT2D eigenvalue weighted by molar-refractivity contribution is 6.12. The molecule has 0 atom stereocenters. The summed E-state index contributed by atoms with van der Waals surface area (Å²) in [4.78, 5) is 12.5. The van der Waals surface area contributed by atoms with Gasteiger partial charge in [0.05, 0.1) is 33.6 Å². The molecule has 0 bridgehead atoms. The van der Waals surface area contributed by atoms with Crippen LogP contribution in [0.5, 0.6) is 0 Å². The number of hydrogen-bond donors (Lipinski definition) is 0. The van der Waals surface area contributed by atoms with Crippen molar-refractivity contribution in [3.05, 3.63) is 162 Å². The van der Waals surface area contributed by atoms with E-state index in [4.69, 9.17) is 9.97 Å². The van der Waals surface area contributed by atoms with Crippen molar-refractivity contribution in [2.24, 2.45) is 0 Å². The fourth-order valence-corrected chi connectivity index (χ4v) is 9.84. The highest BCUT2D eigenvalue weighted by Gasteiger charge is 2.40. The molecule has 5 heteroatoms. The highest BCUT2D eigenvalue weighted by atomic mass is 15.2. The van der Waals surface area contributed by atoms with Gasteiger partial charge in [0.25, 0.3) is 0 Å². The molecule has 0 spiro atoms. The zero-order valence-corrected chi connectivity index (χ0v) is 32.4. The first-order valence-corrected chi connectivity index (χ1v) is 19.4. The number of anilines is 3. The van der Waals surface area contributed by atoms with Gasteiger partial charge in [0.15, 0.2) is 0 Å². The van der Waals surface area contributed by atoms with Crippen LogP contribution in [0.2, 0.25) is 0 Å². The van der Waals surface area contributed by atoms with Crippen molar-refractivity contribution in [2.75, 3.05) is 4.90 Å². The molecule has 55 heavy (non-hydrogen) atoms. The van der Waals surface area contributed by atoms with E-state index in [1.54, 1.807) is 0 Å². The van der Waals surface area contributed by atoms with E-state index in [0.29, 0.717) is 0 Å². The maximum atomic E-state index is 5.01. The summed E-state index contributed by atoms with van der Waals surface area (Å²) < 4.78 is 4.78. The van der Waals surface area contributed by atoms with Crippen LogP contribution in [0.15, 0.2) is 134 Å². The maximum absolute atomic E-state index is 5.01. The minimum absolute atomic E-state index is 0.00614. The molecule has 5 nitrogen and oxygen atoms in total. The highest BCUT2D eigenvalue weighted by Crippen LogP contribution is 2.55. The van der Waals surface area contributed by atoms with Gasteiger partial charge in [-0.15, -0.1) is 0 Å². The lowest BCUT2D eigenvalue weighted by atomic mass is 9.72. The van der Waals surface area contributed by atoms with Crippen LogP contribution in [0.25, 0.3) is 55.2 Å². The molecule has 0 amide bonds. The first-order valence-electron chi connectivity index (χ1n) is 19.4. The van der Waals surface area contributed by atoms with Gasteiger partial charge < -0.3 is 4.90 Å². The third-order valence-electron chi connectivity index (χ3n) is 12.7. The Balaban J connectivity index is 1.22. The molecular weight excluding hydrogens is 671 g/mol. The summed E-state index contributed by atoms with van der Waals surface area (Å²) in [6.45, 7) is 16.3. The summed E-state index contributed by atoms with van der Waals surface area (Å²) in [7, 11) is 0. The van der Waals surface area contributed by atoms with Crippen LogP contribution in [0.3, 0.4) is 0 Å². The lowest BCUT2D eigenvalue weighted by Gasteiger charge is -2.43. The van der Waals surface area contributed by atoms with Gasteiger partial charge in [-0.3, -0.25) is 9.13 Å². The molecule has 0 N–H and O–H groups in total. The molecule has 9 aromatic rings. The van der Waals surface area contributed by atoms with Gasteiger partial charge in [0, 0.05) is 50.5 Å². The molecular formula is C50H43N5. The van der Waals surface area contributed by atoms with Crippen molar-refractivity contribution in [3.63, 3.8) is 0 Å². The monoisotopic (exact) mass is 713 g/mol. The van der Waals surface area contributed by atoms with E-state index in [-0.39, 0.29) is 16.2 Å². The number of hydrogen-bond acceptors (Lipinski definition) is 3. The van der Waals surface area contributed by atoms with Crippen LogP contribution in [0.4, 0.5) is 17.1 Å². The summed E-state index contributed by atoms with van der Waals surface area (Å²) in [6.07, 6.45) is 3.88. The number of rotatable bonds is 2. The predicted molar refractivity (Wildman–Crippen MR) is 228 cm³/mol. The van der Waals surface area contributed by atoms with Crippen molar-refractivity contribution in [1.82, 2.24) is 19.1 Å². The standard InChI is InChI=1S/C50H43N5/c1-48(2,3)30-23-25-51-45(26-30)54-40-19-10-8-14-32(40)35-28-39-44(29-42(35)54)53(41-20-11-9-17-36(41)50(39,6)7)31-21-22-37-43(27-31)55-46-33(34-16-13-24-52-47(34)55)15-12-18-38(46)49(37,4)5/h8-29H,1-7H3. The predicted octanol–water partition coefficient (Wildman–Crippen LogP) is 12.7. The molecule has 5 aromatic carbocycles. The molecule has 11 rings (SSSR count). The Bertz CT molecular complexity index is 3090. The van der Waals surface area contributed by atoms with Crippen molar-refractivity contribution in [3.8, 4) is 11.5 Å². The number of pyridine rings is 2. The first-order chi connectivity index (χ1) is 26.4. The summed E-state index contributed by atoms with van der Waals surface area (Å²) in [5, 5.41) is 4.90. The second-order valence-electron chi connectivity index (χ2n) is 17.6. The van der Waals surface area contributed by atoms with Crippen LogP contribution >= 0.6 is 0 Å². The smallest absolute Gasteiger partial charge is 0.145 e. The van der Waals surface area contributed by atoms with Gasteiger partial charge in [-0.1, -0.05) is 109 Å². The summed E-state index contributed by atoms with van der Waals surface area (Å²) >= 11 is 0. The Morgan fingerprint density at radius 2 is 1.22 bits per heavy atom. The third kappa shape index (κ3) is 4.24. The number of benzene rings is 5. The molecule has 4 aromatic heterocycles. The van der Waals surface area contributed by atoms with Gasteiger partial charge >= 0.3 is 0 Å². The fourth-order valence-electron chi connectivity index (χ4n) is 9.84. The van der Waals surface area contributed by atoms with Crippen molar-refractivity contribution < 1.29 is 0 Å². The van der Waals surface area contributed by atoms with Gasteiger partial charge in [-0.05, 0) is 93.9 Å². The zero-order chi connectivity index (χ0) is 37.6. The SMILES string of the molecule is CC(C)(C)c1ccnc(-n2c3ccccc3c3cc4c(cc32)N(c2ccc3c(c2)-n2c5ncccc5c5cccc(c52)C3(C)C)c2ccccc2C4(C)C)c1. The van der Waals surface area contributed by atoms with E-state index in [1.165, 1.54) is 71.9 Å². The molecule has 268 valence electrons. The van der Waals surface area contributed by atoms with Gasteiger partial charge in [-0.25, -0.2) is 9.97 Å². The van der Waals surface area contributed by atoms with Crippen LogP contribution in [-0.2, 0) is 16.2 Å². The summed E-state index contributed by atoms with van der Waals surface area (Å²) in [6, 6.07) is 45.2. The molecule has 2 aliphatic rings. The van der Waals surface area contributed by atoms with E-state index < -0.39 is 0 Å². The summed E-state index contributed by atoms with van der Waals surface area (Å²) in [5.74, 6) is 0.936. The van der Waals surface area contributed by atoms with Gasteiger partial charge in [-0.2, -0.15) is 0 Å². The molecule has 0 aliphatic carbocycles. The largest absolute Gasteiger partial charge is 0.310 e. The topological polar surface area (TPSA) is 38.9 Å². The molecule has 0 unspecified atom stereocenters. The Labute approximate surface area is 321 Å². The normalized spacial score (nSPS) is 15.4. The quantitative estimate of drug-likeness (QED) is 0.179. The van der Waals surface area contributed by atoms with E-state index in [9.17, 15) is 0 Å². The number of nitrogens with zero attached hydrogens (tertiary/aromatic N) is 5. The number of aromatic nitrogens is 4. The van der Waals surface area contributed by atoms with E-state index in [0.717, 1.165) is 28.2 Å². The molecule has 0 radical (unpaired) electrons. The molecule has 6 heterocycles. The van der Waals surface area contributed by atoms with Crippen LogP contribution in [-0.4, -0.2) is 19.1 Å². The minimum atomic E-state index is -0.244. The fraction of sp³-hybridized carbons (Fsp3) is 0.200. The average Bonchev–Trinajstić information content (AvgIpc) is 3.69. The Morgan fingerprint density at radius 1 is 0.491 bits per heavy atom. The zero-order valence-electron chi connectivity index (χ0n) is 32.4. The maximum Gasteiger partial charge on any atom is 0.145 e. The number of para-hydroxylation sites is 3. The molecule has 0 fully saturated rings. The van der Waals surface area contributed by atoms with Crippen LogP contribution in [0, 0.1) is 0 Å². The first kappa shape index (κ1) is 32.2. The molecule has 0 saturated heterocycles. The van der Waals surface area contributed by atoms with Crippen molar-refractivity contribution in [1.29, 1.82) is 0 Å². The van der Waals surface area contributed by atoms with Gasteiger partial charge in [0.1, 0.15) is 11.5 Å². The summed E-state index contributed by atoms with van der Waals surface area (Å²) in [5.41, 5.74) is 15.3. The minimum Gasteiger partial charge on any atom is -0.310 e. The lowest BCUT2D eigenvalue weighted by Crippen LogP contribution is -2.31. The van der Waals surface area contributed by atoms with E-state index in [1.807, 2.05) is 12.4 Å². The van der Waals surface area contributed by atoms with E-state index >= 15 is 0 Å². The second kappa shape index (κ2) is 10.7. The number of fused-ring (bicyclic) bond motifs is 10. The Morgan fingerprint density at radius 3 is 2.07 bits per heavy atom. The molecule has 0 saturated carbocycles. The Hall–Kier alpha value is -6.20. The molecule has 2 aliphatic heterocycles. The lowest BCUT2D eigenvalue weighted by molar-refractivity contribution is 0.588. The van der Waals surface area contributed by atoms with Gasteiger partial charge in [0.2, 0.25) is 0 Å². The average molecular weight is 714 g/mol. The van der Waals surface area contributed by atoms with Crippen LogP contribution < -0.4 is 4.90 Å².